The Balaban J connectivity index is 1.15. The van der Waals surface area contributed by atoms with Crippen LogP contribution in [0.2, 0.25) is 0 Å². The average Bonchev–Trinajstić information content (AvgIpc) is 3.31. The lowest BCUT2D eigenvalue weighted by molar-refractivity contribution is -0.141. The molecule has 0 spiro atoms. The second kappa shape index (κ2) is 13.7. The van der Waals surface area contributed by atoms with Gasteiger partial charge in [0.1, 0.15) is 23.6 Å². The third kappa shape index (κ3) is 7.10. The Bertz CT molecular complexity index is 1500. The van der Waals surface area contributed by atoms with Gasteiger partial charge in [-0.3, -0.25) is 14.4 Å². The number of hydrogen-bond donors (Lipinski definition) is 2. The van der Waals surface area contributed by atoms with Gasteiger partial charge in [-0.2, -0.15) is 0 Å². The van der Waals surface area contributed by atoms with Crippen molar-refractivity contribution < 1.29 is 23.9 Å². The van der Waals surface area contributed by atoms with Crippen LogP contribution in [-0.4, -0.2) is 64.5 Å². The summed E-state index contributed by atoms with van der Waals surface area (Å²) in [5, 5.41) is 2.94. The van der Waals surface area contributed by atoms with Crippen molar-refractivity contribution in [3.63, 3.8) is 0 Å². The molecule has 2 aliphatic carbocycles. The number of aromatic amines is 1. The molecule has 2 heterocycles. The van der Waals surface area contributed by atoms with Crippen molar-refractivity contribution in [1.82, 2.24) is 20.2 Å². The van der Waals surface area contributed by atoms with Crippen molar-refractivity contribution in [1.29, 1.82) is 0 Å². The highest BCUT2D eigenvalue weighted by Gasteiger charge is 2.61. The van der Waals surface area contributed by atoms with Crippen molar-refractivity contribution in [2.45, 2.75) is 111 Å². The van der Waals surface area contributed by atoms with E-state index in [0.717, 1.165) is 50.5 Å². The van der Waals surface area contributed by atoms with Crippen molar-refractivity contribution in [2.24, 2.45) is 35.0 Å². The van der Waals surface area contributed by atoms with Gasteiger partial charge in [0.05, 0.1) is 24.2 Å². The first kappa shape index (κ1) is 33.9. The molecule has 10 heteroatoms. The number of nitrogens with zero attached hydrogens (tertiary/aromatic N) is 2. The average molecular weight is 637 g/mol. The molecule has 2 saturated carbocycles. The molecule has 5 rings (SSSR count). The highest BCUT2D eigenvalue weighted by molar-refractivity contribution is 5.92. The zero-order valence-electron chi connectivity index (χ0n) is 28.6. The fraction of sp³-hybridized carbons (Fsp3) is 0.694. The molecule has 0 radical (unpaired) electrons. The van der Waals surface area contributed by atoms with Crippen LogP contribution < -0.4 is 15.6 Å². The molecule has 1 saturated heterocycles. The summed E-state index contributed by atoms with van der Waals surface area (Å²) in [6.45, 7) is 12.2. The van der Waals surface area contributed by atoms with Crippen molar-refractivity contribution in [3.8, 4) is 5.75 Å². The number of ketones is 1. The summed E-state index contributed by atoms with van der Waals surface area (Å²) in [7, 11) is 1.59. The van der Waals surface area contributed by atoms with E-state index in [9.17, 15) is 19.2 Å². The summed E-state index contributed by atoms with van der Waals surface area (Å²) in [6, 6.07) is 4.24. The van der Waals surface area contributed by atoms with Crippen molar-refractivity contribution in [2.75, 3.05) is 13.7 Å². The molecule has 1 aromatic carbocycles. The monoisotopic (exact) mass is 636 g/mol. The molecule has 2 aromatic rings. The number of H-pyrrole nitrogens is 1. The Morgan fingerprint density at radius 3 is 2.59 bits per heavy atom. The Morgan fingerprint density at radius 1 is 1.15 bits per heavy atom. The predicted molar refractivity (Wildman–Crippen MR) is 177 cm³/mol. The van der Waals surface area contributed by atoms with Gasteiger partial charge in [-0.05, 0) is 80.2 Å². The van der Waals surface area contributed by atoms with Gasteiger partial charge in [0, 0.05) is 18.5 Å². The molecule has 1 aromatic heterocycles. The SMILES string of the molecule is CCC1CCN(C(=O)C(NC(=O)OC2[C@H](CCCCCc3nc4ccc(OC)cc4[nH]c3=O)C[C@@H]3[C@H](C)[C@H]23)C(C)(C)C)[C@@H]1C(C)=O. The maximum Gasteiger partial charge on any atom is 0.408 e. The lowest BCUT2D eigenvalue weighted by Gasteiger charge is -2.36. The molecule has 3 aliphatic rings. The second-order valence-electron chi connectivity index (χ2n) is 14.9. The van der Waals surface area contributed by atoms with Crippen LogP contribution in [0.15, 0.2) is 23.0 Å². The minimum atomic E-state index is -0.793. The first-order valence-electron chi connectivity index (χ1n) is 17.2. The molecule has 2 N–H and O–H groups in total. The molecule has 46 heavy (non-hydrogen) atoms. The van der Waals surface area contributed by atoms with Gasteiger partial charge >= 0.3 is 6.09 Å². The first-order valence-corrected chi connectivity index (χ1v) is 17.2. The minimum Gasteiger partial charge on any atom is -0.497 e. The largest absolute Gasteiger partial charge is 0.497 e. The Labute approximate surface area is 272 Å². The molecule has 0 bridgehead atoms. The smallest absolute Gasteiger partial charge is 0.408 e. The summed E-state index contributed by atoms with van der Waals surface area (Å²) in [6.07, 6.45) is 6.31. The van der Waals surface area contributed by atoms with E-state index >= 15 is 0 Å². The number of nitrogens with one attached hydrogen (secondary N) is 2. The number of Topliss-reactive ketones (excluding diaryl/α,β-unsaturated/α-hetero) is 1. The van der Waals surface area contributed by atoms with Crippen LogP contribution in [0.5, 0.6) is 5.75 Å². The fourth-order valence-corrected chi connectivity index (χ4v) is 8.20. The topological polar surface area (TPSA) is 131 Å². The lowest BCUT2D eigenvalue weighted by atomic mass is 9.85. The lowest BCUT2D eigenvalue weighted by Crippen LogP contribution is -2.57. The quantitative estimate of drug-likeness (QED) is 0.288. The van der Waals surface area contributed by atoms with E-state index < -0.39 is 23.6 Å². The molecule has 252 valence electrons. The van der Waals surface area contributed by atoms with E-state index in [1.54, 1.807) is 25.0 Å². The van der Waals surface area contributed by atoms with E-state index in [0.29, 0.717) is 47.7 Å². The van der Waals surface area contributed by atoms with E-state index in [2.05, 4.69) is 29.1 Å². The van der Waals surface area contributed by atoms with Gasteiger partial charge in [-0.25, -0.2) is 9.78 Å². The number of alkyl carbamates (subject to hydrolysis) is 1. The minimum absolute atomic E-state index is 0.00290. The third-order valence-electron chi connectivity index (χ3n) is 10.9. The Kier molecular flexibility index (Phi) is 10.1. The fourth-order valence-electron chi connectivity index (χ4n) is 8.20. The predicted octanol–water partition coefficient (Wildman–Crippen LogP) is 5.66. The molecule has 10 nitrogen and oxygen atoms in total. The molecule has 8 atom stereocenters. The number of aromatic nitrogens is 2. The number of rotatable bonds is 12. The van der Waals surface area contributed by atoms with Crippen LogP contribution in [-0.2, 0) is 20.7 Å². The zero-order valence-corrected chi connectivity index (χ0v) is 28.6. The number of fused-ring (bicyclic) bond motifs is 2. The highest BCUT2D eigenvalue weighted by atomic mass is 16.6. The maximum absolute atomic E-state index is 13.8. The van der Waals surface area contributed by atoms with Gasteiger partial charge in [0.2, 0.25) is 5.91 Å². The number of benzene rings is 1. The van der Waals surface area contributed by atoms with Gasteiger partial charge in [0.15, 0.2) is 5.78 Å². The van der Waals surface area contributed by atoms with Crippen molar-refractivity contribution >= 4 is 28.8 Å². The molecule has 3 unspecified atom stereocenters. The molecular weight excluding hydrogens is 584 g/mol. The van der Waals surface area contributed by atoms with E-state index in [1.165, 1.54) is 0 Å². The number of carbonyl (C=O) groups excluding carboxylic acids is 3. The van der Waals surface area contributed by atoms with Crippen LogP contribution >= 0.6 is 0 Å². The Morgan fingerprint density at radius 2 is 1.91 bits per heavy atom. The number of ether oxygens (including phenoxy) is 2. The summed E-state index contributed by atoms with van der Waals surface area (Å²) in [5.74, 6) is 2.37. The van der Waals surface area contributed by atoms with E-state index in [4.69, 9.17) is 9.47 Å². The van der Waals surface area contributed by atoms with E-state index in [1.807, 2.05) is 32.9 Å². The summed E-state index contributed by atoms with van der Waals surface area (Å²) >= 11 is 0. The maximum atomic E-state index is 13.8. The van der Waals surface area contributed by atoms with Gasteiger partial charge < -0.3 is 24.7 Å². The first-order chi connectivity index (χ1) is 21.8. The van der Waals surface area contributed by atoms with Crippen LogP contribution in [0.4, 0.5) is 4.79 Å². The number of carbonyl (C=O) groups is 3. The number of likely N-dealkylation sites (tertiary alicyclic amines) is 1. The van der Waals surface area contributed by atoms with Crippen LogP contribution in [0.25, 0.3) is 11.0 Å². The number of amides is 2. The summed E-state index contributed by atoms with van der Waals surface area (Å²) in [5.41, 5.74) is 1.23. The molecular formula is C36H52N4O6. The standard InChI is InChI=1S/C36H52N4O6/c1-8-22-16-17-40(30(22)21(3)41)34(43)32(36(4,5)6)39-35(44)46-31-23(18-25-20(2)29(25)31)12-10-9-11-13-27-33(42)38-28-19-24(45-7)14-15-26(28)37-27/h14-15,19-20,22-23,25,29-32H,8-13,16-18H2,1-7H3,(H,38,42)(H,39,44)/t20-,22?,23+,25+,29-,30+,31?,32?/m0/s1. The second-order valence-corrected chi connectivity index (χ2v) is 14.9. The molecule has 1 aliphatic heterocycles. The highest BCUT2D eigenvalue weighted by Crippen LogP contribution is 2.61. The third-order valence-corrected chi connectivity index (χ3v) is 10.9. The number of methoxy groups -OCH3 is 1. The summed E-state index contributed by atoms with van der Waals surface area (Å²) < 4.78 is 11.4. The Hall–Kier alpha value is -3.43. The number of aryl methyl sites for hydroxylation is 1. The summed E-state index contributed by atoms with van der Waals surface area (Å²) in [4.78, 5) is 61.5. The van der Waals surface area contributed by atoms with Crippen LogP contribution in [0.1, 0.15) is 92.2 Å². The number of hydrogen-bond acceptors (Lipinski definition) is 7. The van der Waals surface area contributed by atoms with Gasteiger partial charge in [0.25, 0.3) is 5.56 Å². The molecule has 3 fully saturated rings. The van der Waals surface area contributed by atoms with Gasteiger partial charge in [-0.1, -0.05) is 53.9 Å². The van der Waals surface area contributed by atoms with E-state index in [-0.39, 0.29) is 35.2 Å². The van der Waals surface area contributed by atoms with Crippen molar-refractivity contribution in [3.05, 3.63) is 34.2 Å². The van der Waals surface area contributed by atoms with Crippen LogP contribution in [0, 0.1) is 35.0 Å². The normalized spacial score (nSPS) is 27.7. The molecule has 2 amide bonds. The van der Waals surface area contributed by atoms with Gasteiger partial charge in [-0.15, -0.1) is 0 Å². The number of unbranched alkanes of at least 4 members (excludes halogenated alkanes) is 2. The zero-order chi connectivity index (χ0) is 33.3. The van der Waals surface area contributed by atoms with Crippen LogP contribution in [0.3, 0.4) is 0 Å².